The highest BCUT2D eigenvalue weighted by Gasteiger charge is 2.26. The Labute approximate surface area is 165 Å². The van der Waals surface area contributed by atoms with Gasteiger partial charge in [0.1, 0.15) is 5.75 Å². The van der Waals surface area contributed by atoms with E-state index < -0.39 is 0 Å². The number of piperidine rings is 1. The van der Waals surface area contributed by atoms with Gasteiger partial charge in [0.15, 0.2) is 0 Å². The zero-order valence-electron chi connectivity index (χ0n) is 15.8. The van der Waals surface area contributed by atoms with Crippen molar-refractivity contribution in [2.75, 3.05) is 25.5 Å². The summed E-state index contributed by atoms with van der Waals surface area (Å²) in [7, 11) is 1.56. The van der Waals surface area contributed by atoms with Gasteiger partial charge in [-0.05, 0) is 62.6 Å². The number of hydrogen-bond donors (Lipinski definition) is 1. The molecule has 0 saturated carbocycles. The third kappa shape index (κ3) is 5.25. The maximum absolute atomic E-state index is 12.6. The monoisotopic (exact) mass is 390 g/mol. The first-order valence-electron chi connectivity index (χ1n) is 9.68. The van der Waals surface area contributed by atoms with Gasteiger partial charge in [-0.15, -0.1) is 0 Å². The number of amides is 2. The first-order valence-corrected chi connectivity index (χ1v) is 10.1. The Morgan fingerprint density at radius 3 is 2.93 bits per heavy atom. The Balaban J connectivity index is 1.50. The lowest BCUT2D eigenvalue weighted by Gasteiger charge is -2.33. The van der Waals surface area contributed by atoms with Gasteiger partial charge in [0, 0.05) is 30.1 Å². The molecule has 0 aromatic heterocycles. The van der Waals surface area contributed by atoms with Crippen molar-refractivity contribution in [2.45, 2.75) is 44.9 Å². The molecule has 1 aromatic carbocycles. The van der Waals surface area contributed by atoms with Crippen LogP contribution in [-0.2, 0) is 9.59 Å². The number of hydrogen-bond acceptors (Lipinski definition) is 3. The van der Waals surface area contributed by atoms with Crippen molar-refractivity contribution in [3.63, 3.8) is 0 Å². The summed E-state index contributed by atoms with van der Waals surface area (Å²) in [6.45, 7) is 1.59. The molecule has 146 valence electrons. The highest BCUT2D eigenvalue weighted by molar-refractivity contribution is 6.31. The Hall–Kier alpha value is -2.01. The fourth-order valence-electron chi connectivity index (χ4n) is 3.88. The molecule has 1 aliphatic heterocycles. The molecule has 5 nitrogen and oxygen atoms in total. The number of halogens is 1. The fourth-order valence-corrected chi connectivity index (χ4v) is 4.05. The van der Waals surface area contributed by atoms with Gasteiger partial charge < -0.3 is 15.0 Å². The number of allylic oxidation sites excluding steroid dienone is 1. The summed E-state index contributed by atoms with van der Waals surface area (Å²) in [5.41, 5.74) is 1.56. The van der Waals surface area contributed by atoms with Crippen LogP contribution in [0.2, 0.25) is 5.02 Å². The predicted molar refractivity (Wildman–Crippen MR) is 107 cm³/mol. The number of rotatable bonds is 6. The van der Waals surface area contributed by atoms with Crippen LogP contribution < -0.4 is 10.1 Å². The number of nitrogens with one attached hydrogen (secondary N) is 1. The van der Waals surface area contributed by atoms with Crippen LogP contribution in [0.4, 0.5) is 5.69 Å². The van der Waals surface area contributed by atoms with Crippen molar-refractivity contribution < 1.29 is 14.3 Å². The number of likely N-dealkylation sites (tertiary alicyclic amines) is 1. The molecule has 1 saturated heterocycles. The van der Waals surface area contributed by atoms with Gasteiger partial charge in [-0.2, -0.15) is 0 Å². The van der Waals surface area contributed by atoms with Crippen LogP contribution in [0, 0.1) is 5.92 Å². The second-order valence-corrected chi connectivity index (χ2v) is 7.75. The molecule has 27 heavy (non-hydrogen) atoms. The summed E-state index contributed by atoms with van der Waals surface area (Å²) in [6, 6.07) is 5.15. The lowest BCUT2D eigenvalue weighted by atomic mass is 9.92. The quantitative estimate of drug-likeness (QED) is 0.782. The molecule has 6 heteroatoms. The van der Waals surface area contributed by atoms with Crippen molar-refractivity contribution in [2.24, 2.45) is 5.92 Å². The standard InChI is InChI=1S/C21H27ClN2O3/c1-27-19-10-9-17(22)13-18(19)23-20(25)11-8-15-5-4-12-24(14-15)21(26)16-6-2-3-7-16/h6,9-10,13,15H,2-5,7-8,11-12,14H2,1H3,(H,23,25)/t15-/m1/s1. The van der Waals surface area contributed by atoms with Gasteiger partial charge in [-0.1, -0.05) is 17.7 Å². The van der Waals surface area contributed by atoms with E-state index in [-0.39, 0.29) is 11.8 Å². The molecule has 1 fully saturated rings. The largest absolute Gasteiger partial charge is 0.495 e. The lowest BCUT2D eigenvalue weighted by molar-refractivity contribution is -0.129. The molecule has 0 radical (unpaired) electrons. The highest BCUT2D eigenvalue weighted by atomic mass is 35.5. The molecule has 0 bridgehead atoms. The Bertz CT molecular complexity index is 732. The lowest BCUT2D eigenvalue weighted by Crippen LogP contribution is -2.40. The van der Waals surface area contributed by atoms with Gasteiger partial charge >= 0.3 is 0 Å². The minimum Gasteiger partial charge on any atom is -0.495 e. The topological polar surface area (TPSA) is 58.6 Å². The molecule has 1 aromatic rings. The smallest absolute Gasteiger partial charge is 0.249 e. The fraction of sp³-hybridized carbons (Fsp3) is 0.524. The van der Waals surface area contributed by atoms with Gasteiger partial charge in [-0.3, -0.25) is 9.59 Å². The Morgan fingerprint density at radius 2 is 2.19 bits per heavy atom. The summed E-state index contributed by atoms with van der Waals surface area (Å²) in [5.74, 6) is 1.10. The zero-order chi connectivity index (χ0) is 19.2. The zero-order valence-corrected chi connectivity index (χ0v) is 16.6. The van der Waals surface area contributed by atoms with E-state index in [1.165, 1.54) is 0 Å². The van der Waals surface area contributed by atoms with E-state index in [1.807, 2.05) is 4.90 Å². The maximum Gasteiger partial charge on any atom is 0.249 e. The number of anilines is 1. The summed E-state index contributed by atoms with van der Waals surface area (Å²) in [5, 5.41) is 3.43. The minimum atomic E-state index is -0.0579. The number of carbonyl (C=O) groups excluding carboxylic acids is 2. The molecular formula is C21H27ClN2O3. The molecule has 1 aliphatic carbocycles. The van der Waals surface area contributed by atoms with E-state index in [0.717, 1.165) is 57.2 Å². The Morgan fingerprint density at radius 1 is 1.33 bits per heavy atom. The second kappa shape index (κ2) is 9.27. The van der Waals surface area contributed by atoms with Gasteiger partial charge in [0.05, 0.1) is 12.8 Å². The van der Waals surface area contributed by atoms with E-state index in [0.29, 0.717) is 28.8 Å². The van der Waals surface area contributed by atoms with Gasteiger partial charge in [0.25, 0.3) is 0 Å². The van der Waals surface area contributed by atoms with Crippen LogP contribution in [-0.4, -0.2) is 36.9 Å². The molecule has 0 spiro atoms. The molecule has 2 amide bonds. The highest BCUT2D eigenvalue weighted by Crippen LogP contribution is 2.29. The summed E-state index contributed by atoms with van der Waals surface area (Å²) in [6.07, 6.45) is 8.37. The summed E-state index contributed by atoms with van der Waals surface area (Å²) < 4.78 is 5.26. The molecule has 1 heterocycles. The number of methoxy groups -OCH3 is 1. The SMILES string of the molecule is COc1ccc(Cl)cc1NC(=O)CC[C@H]1CCCN(C(=O)C2=CCCC2)C1. The van der Waals surface area contributed by atoms with E-state index in [9.17, 15) is 9.59 Å². The second-order valence-electron chi connectivity index (χ2n) is 7.31. The third-order valence-electron chi connectivity index (χ3n) is 5.34. The summed E-state index contributed by atoms with van der Waals surface area (Å²) in [4.78, 5) is 26.9. The maximum atomic E-state index is 12.6. The van der Waals surface area contributed by atoms with Crippen molar-refractivity contribution in [1.82, 2.24) is 4.90 Å². The van der Waals surface area contributed by atoms with Crippen LogP contribution in [0.25, 0.3) is 0 Å². The van der Waals surface area contributed by atoms with Crippen LogP contribution in [0.3, 0.4) is 0 Å². The molecule has 3 rings (SSSR count). The number of ether oxygens (including phenoxy) is 1. The average Bonchev–Trinajstić information content (AvgIpc) is 3.21. The van der Waals surface area contributed by atoms with Crippen LogP contribution >= 0.6 is 11.6 Å². The van der Waals surface area contributed by atoms with Crippen molar-refractivity contribution in [3.8, 4) is 5.75 Å². The summed E-state index contributed by atoms with van der Waals surface area (Å²) >= 11 is 6.01. The average molecular weight is 391 g/mol. The number of carbonyl (C=O) groups is 2. The van der Waals surface area contributed by atoms with Crippen molar-refractivity contribution in [1.29, 1.82) is 0 Å². The van der Waals surface area contributed by atoms with E-state index in [1.54, 1.807) is 25.3 Å². The number of nitrogens with zero attached hydrogens (tertiary/aromatic N) is 1. The van der Waals surface area contributed by atoms with E-state index >= 15 is 0 Å². The van der Waals surface area contributed by atoms with E-state index in [2.05, 4.69) is 11.4 Å². The molecule has 0 unspecified atom stereocenters. The third-order valence-corrected chi connectivity index (χ3v) is 5.57. The normalized spacial score (nSPS) is 19.6. The van der Waals surface area contributed by atoms with Crippen molar-refractivity contribution >= 4 is 29.1 Å². The molecular weight excluding hydrogens is 364 g/mol. The first-order chi connectivity index (χ1) is 13.1. The van der Waals surface area contributed by atoms with E-state index in [4.69, 9.17) is 16.3 Å². The number of benzene rings is 1. The van der Waals surface area contributed by atoms with Crippen LogP contribution in [0.15, 0.2) is 29.8 Å². The molecule has 1 atom stereocenters. The van der Waals surface area contributed by atoms with Gasteiger partial charge in [-0.25, -0.2) is 0 Å². The van der Waals surface area contributed by atoms with Crippen molar-refractivity contribution in [3.05, 3.63) is 34.9 Å². The molecule has 1 N–H and O–H groups in total. The van der Waals surface area contributed by atoms with Gasteiger partial charge in [0.2, 0.25) is 11.8 Å². The Kier molecular flexibility index (Phi) is 6.78. The van der Waals surface area contributed by atoms with Crippen LogP contribution in [0.1, 0.15) is 44.9 Å². The minimum absolute atomic E-state index is 0.0579. The predicted octanol–water partition coefficient (Wildman–Crippen LogP) is 4.42. The first kappa shape index (κ1) is 19.7. The van der Waals surface area contributed by atoms with Crippen LogP contribution in [0.5, 0.6) is 5.75 Å². The molecule has 2 aliphatic rings.